The normalized spacial score (nSPS) is 16.5. The zero-order chi connectivity index (χ0) is 16.0. The van der Waals surface area contributed by atoms with Crippen molar-refractivity contribution >= 4 is 6.03 Å². The second-order valence-corrected chi connectivity index (χ2v) is 5.88. The van der Waals surface area contributed by atoms with Crippen molar-refractivity contribution in [1.82, 2.24) is 10.6 Å². The third-order valence-corrected chi connectivity index (χ3v) is 4.07. The van der Waals surface area contributed by atoms with Crippen LogP contribution in [0.25, 0.3) is 0 Å². The first-order chi connectivity index (χ1) is 10.5. The van der Waals surface area contributed by atoms with E-state index in [0.717, 1.165) is 6.42 Å². The van der Waals surface area contributed by atoms with Gasteiger partial charge in [-0.3, -0.25) is 0 Å². The molecule has 2 rings (SSSR count). The smallest absolute Gasteiger partial charge is 0.314 e. The van der Waals surface area contributed by atoms with Gasteiger partial charge in [-0.05, 0) is 43.9 Å². The van der Waals surface area contributed by atoms with Crippen molar-refractivity contribution in [3.05, 3.63) is 34.9 Å². The van der Waals surface area contributed by atoms with Crippen LogP contribution in [-0.2, 0) is 15.9 Å². The fraction of sp³-hybridized carbons (Fsp3) is 0.588. The summed E-state index contributed by atoms with van der Waals surface area (Å²) in [6.07, 6.45) is 1.49. The number of carbonyl (C=O) groups is 1. The summed E-state index contributed by atoms with van der Waals surface area (Å²) in [5.41, 5.74) is 3.85. The largest absolute Gasteiger partial charge is 0.348 e. The molecule has 0 radical (unpaired) electrons. The summed E-state index contributed by atoms with van der Waals surface area (Å²) >= 11 is 0. The second kappa shape index (κ2) is 7.61. The Hall–Kier alpha value is -1.59. The number of benzene rings is 1. The summed E-state index contributed by atoms with van der Waals surface area (Å²) in [6.45, 7) is 8.51. The lowest BCUT2D eigenvalue weighted by Crippen LogP contribution is -2.40. The van der Waals surface area contributed by atoms with E-state index in [4.69, 9.17) is 9.47 Å². The van der Waals surface area contributed by atoms with Gasteiger partial charge in [0.05, 0.1) is 13.2 Å². The van der Waals surface area contributed by atoms with Crippen molar-refractivity contribution in [2.75, 3.05) is 26.3 Å². The van der Waals surface area contributed by atoms with Crippen LogP contribution in [0.5, 0.6) is 0 Å². The van der Waals surface area contributed by atoms with Gasteiger partial charge in [-0.25, -0.2) is 4.79 Å². The minimum atomic E-state index is -0.550. The van der Waals surface area contributed by atoms with Crippen LogP contribution in [0.15, 0.2) is 18.2 Å². The Kier molecular flexibility index (Phi) is 5.80. The number of ether oxygens (including phenoxy) is 2. The number of urea groups is 1. The Morgan fingerprint density at radius 1 is 1.14 bits per heavy atom. The predicted molar refractivity (Wildman–Crippen MR) is 85.9 cm³/mol. The van der Waals surface area contributed by atoms with Crippen molar-refractivity contribution in [2.45, 2.75) is 39.4 Å². The van der Waals surface area contributed by atoms with Crippen LogP contribution >= 0.6 is 0 Å². The molecule has 122 valence electrons. The van der Waals surface area contributed by atoms with Crippen molar-refractivity contribution in [3.8, 4) is 0 Å². The maximum absolute atomic E-state index is 11.8. The Bertz CT molecular complexity index is 490. The van der Waals surface area contributed by atoms with Gasteiger partial charge in [0.1, 0.15) is 0 Å². The molecule has 5 heteroatoms. The monoisotopic (exact) mass is 306 g/mol. The Balaban J connectivity index is 1.65. The lowest BCUT2D eigenvalue weighted by Gasteiger charge is -2.22. The maximum Gasteiger partial charge on any atom is 0.314 e. The first kappa shape index (κ1) is 16.8. The quantitative estimate of drug-likeness (QED) is 0.848. The molecule has 0 spiro atoms. The third-order valence-electron chi connectivity index (χ3n) is 4.07. The van der Waals surface area contributed by atoms with Gasteiger partial charge in [-0.15, -0.1) is 0 Å². The molecule has 0 atom stereocenters. The summed E-state index contributed by atoms with van der Waals surface area (Å²) in [5.74, 6) is -0.550. The van der Waals surface area contributed by atoms with Crippen molar-refractivity contribution in [1.29, 1.82) is 0 Å². The van der Waals surface area contributed by atoms with Crippen molar-refractivity contribution < 1.29 is 14.3 Å². The van der Waals surface area contributed by atoms with Crippen molar-refractivity contribution in [2.24, 2.45) is 0 Å². The molecular weight excluding hydrogens is 280 g/mol. The minimum absolute atomic E-state index is 0.146. The molecule has 1 heterocycles. The molecule has 0 saturated carbocycles. The number of rotatable bonds is 6. The van der Waals surface area contributed by atoms with E-state index in [2.05, 4.69) is 42.7 Å². The summed E-state index contributed by atoms with van der Waals surface area (Å²) in [7, 11) is 0. The Morgan fingerprint density at radius 3 is 2.36 bits per heavy atom. The second-order valence-electron chi connectivity index (χ2n) is 5.88. The average Bonchev–Trinajstić information content (AvgIpc) is 2.89. The summed E-state index contributed by atoms with van der Waals surface area (Å²) in [4.78, 5) is 11.8. The van der Waals surface area contributed by atoms with Crippen LogP contribution < -0.4 is 10.6 Å². The van der Waals surface area contributed by atoms with E-state index in [1.54, 1.807) is 0 Å². The van der Waals surface area contributed by atoms with Crippen molar-refractivity contribution in [3.63, 3.8) is 0 Å². The van der Waals surface area contributed by atoms with E-state index in [1.807, 2.05) is 6.92 Å². The van der Waals surface area contributed by atoms with E-state index >= 15 is 0 Å². The van der Waals surface area contributed by atoms with E-state index in [-0.39, 0.29) is 6.03 Å². The van der Waals surface area contributed by atoms with Crippen LogP contribution in [0.2, 0.25) is 0 Å². The number of hydrogen-bond donors (Lipinski definition) is 2. The molecule has 1 aromatic carbocycles. The molecule has 1 aliphatic heterocycles. The molecule has 2 amide bonds. The highest BCUT2D eigenvalue weighted by Crippen LogP contribution is 2.21. The zero-order valence-corrected chi connectivity index (χ0v) is 13.7. The number of hydrogen-bond acceptors (Lipinski definition) is 3. The van der Waals surface area contributed by atoms with E-state index in [1.165, 1.54) is 16.7 Å². The molecule has 2 N–H and O–H groups in total. The molecule has 1 aromatic rings. The highest BCUT2D eigenvalue weighted by atomic mass is 16.7. The predicted octanol–water partition coefficient (Wildman–Crippen LogP) is 2.30. The van der Waals surface area contributed by atoms with E-state index in [0.29, 0.717) is 32.7 Å². The van der Waals surface area contributed by atoms with Gasteiger partial charge >= 0.3 is 6.03 Å². The van der Waals surface area contributed by atoms with Gasteiger partial charge in [0.25, 0.3) is 0 Å². The molecule has 1 saturated heterocycles. The summed E-state index contributed by atoms with van der Waals surface area (Å²) in [6, 6.07) is 6.12. The molecule has 22 heavy (non-hydrogen) atoms. The Labute approximate surface area is 132 Å². The van der Waals surface area contributed by atoms with Crippen LogP contribution in [0.1, 0.15) is 30.0 Å². The molecule has 1 aliphatic rings. The van der Waals surface area contributed by atoms with Gasteiger partial charge < -0.3 is 20.1 Å². The molecule has 0 unspecified atom stereocenters. The molecular formula is C17H26N2O3. The molecule has 0 aliphatic carbocycles. The van der Waals surface area contributed by atoms with E-state index < -0.39 is 5.79 Å². The third kappa shape index (κ3) is 4.71. The summed E-state index contributed by atoms with van der Waals surface area (Å²) in [5, 5.41) is 5.73. The fourth-order valence-corrected chi connectivity index (χ4v) is 2.71. The highest BCUT2D eigenvalue weighted by molar-refractivity contribution is 5.73. The minimum Gasteiger partial charge on any atom is -0.348 e. The molecule has 5 nitrogen and oxygen atoms in total. The topological polar surface area (TPSA) is 59.6 Å². The van der Waals surface area contributed by atoms with Crippen LogP contribution in [0.4, 0.5) is 4.79 Å². The average molecular weight is 306 g/mol. The fourth-order valence-electron chi connectivity index (χ4n) is 2.71. The SMILES string of the molecule is Cc1cccc(C)c1CCNC(=O)NCCC1(C)OCCO1. The molecule has 1 fully saturated rings. The first-order valence-corrected chi connectivity index (χ1v) is 7.85. The van der Waals surface area contributed by atoms with Crippen LogP contribution in [0, 0.1) is 13.8 Å². The number of nitrogens with one attached hydrogen (secondary N) is 2. The number of amides is 2. The molecule has 0 aromatic heterocycles. The van der Waals surface area contributed by atoms with Crippen LogP contribution in [-0.4, -0.2) is 38.1 Å². The standard InChI is InChI=1S/C17H26N2O3/c1-13-5-4-6-14(2)15(13)7-9-18-16(20)19-10-8-17(3)21-11-12-22-17/h4-6H,7-12H2,1-3H3,(H2,18,19,20). The zero-order valence-electron chi connectivity index (χ0n) is 13.7. The number of carbonyl (C=O) groups excluding carboxylic acids is 1. The molecule has 0 bridgehead atoms. The van der Waals surface area contributed by atoms with Gasteiger partial charge in [-0.2, -0.15) is 0 Å². The first-order valence-electron chi connectivity index (χ1n) is 7.85. The van der Waals surface area contributed by atoms with Gasteiger partial charge in [0.2, 0.25) is 0 Å². The van der Waals surface area contributed by atoms with Gasteiger partial charge in [0, 0.05) is 19.5 Å². The maximum atomic E-state index is 11.8. The summed E-state index contributed by atoms with van der Waals surface area (Å²) < 4.78 is 11.0. The van der Waals surface area contributed by atoms with E-state index in [9.17, 15) is 4.79 Å². The lowest BCUT2D eigenvalue weighted by atomic mass is 10.0. The highest BCUT2D eigenvalue weighted by Gasteiger charge is 2.30. The Morgan fingerprint density at radius 2 is 1.73 bits per heavy atom. The van der Waals surface area contributed by atoms with Gasteiger partial charge in [0.15, 0.2) is 5.79 Å². The van der Waals surface area contributed by atoms with Gasteiger partial charge in [-0.1, -0.05) is 18.2 Å². The van der Waals surface area contributed by atoms with Crippen LogP contribution in [0.3, 0.4) is 0 Å². The lowest BCUT2D eigenvalue weighted by molar-refractivity contribution is -0.145. The number of aryl methyl sites for hydroxylation is 2.